The van der Waals surface area contributed by atoms with Gasteiger partial charge in [0.15, 0.2) is 0 Å². The molecule has 1 aliphatic rings. The fraction of sp³-hybridized carbons (Fsp3) is 0.429. The maximum Gasteiger partial charge on any atom is 0.297 e. The van der Waals surface area contributed by atoms with Crippen LogP contribution in [-0.2, 0) is 6.54 Å². The highest BCUT2D eigenvalue weighted by atomic mass is 16.5. The molecule has 0 radical (unpaired) electrons. The van der Waals surface area contributed by atoms with Crippen LogP contribution in [0, 0.1) is 6.92 Å². The molecule has 1 aromatic carbocycles. The first-order valence-corrected chi connectivity index (χ1v) is 9.64. The number of benzene rings is 1. The molecule has 3 heterocycles. The van der Waals surface area contributed by atoms with Gasteiger partial charge in [0.25, 0.3) is 6.01 Å². The molecule has 1 aliphatic heterocycles. The highest BCUT2D eigenvalue weighted by molar-refractivity contribution is 5.69. The van der Waals surface area contributed by atoms with Crippen LogP contribution in [0.4, 0.5) is 6.01 Å². The Labute approximate surface area is 159 Å². The van der Waals surface area contributed by atoms with Gasteiger partial charge >= 0.3 is 0 Å². The van der Waals surface area contributed by atoms with E-state index in [-0.39, 0.29) is 0 Å². The van der Waals surface area contributed by atoms with E-state index in [2.05, 4.69) is 45.3 Å². The second-order valence-corrected chi connectivity index (χ2v) is 7.07. The third-order valence-electron chi connectivity index (χ3n) is 5.04. The lowest BCUT2D eigenvalue weighted by Crippen LogP contribution is -2.38. The van der Waals surface area contributed by atoms with Crippen molar-refractivity contribution in [3.8, 4) is 5.75 Å². The van der Waals surface area contributed by atoms with Crippen LogP contribution in [0.25, 0.3) is 11.2 Å². The fourth-order valence-corrected chi connectivity index (χ4v) is 3.55. The Bertz CT molecular complexity index is 867. The second kappa shape index (κ2) is 7.96. The van der Waals surface area contributed by atoms with Crippen LogP contribution in [0.3, 0.4) is 0 Å². The van der Waals surface area contributed by atoms with Gasteiger partial charge in [-0.3, -0.25) is 4.90 Å². The molecule has 0 bridgehead atoms. The summed E-state index contributed by atoms with van der Waals surface area (Å²) in [5, 5.41) is 3.42. The molecule has 3 aromatic rings. The van der Waals surface area contributed by atoms with E-state index >= 15 is 0 Å². The number of pyridine rings is 1. The lowest BCUT2D eigenvalue weighted by Gasteiger charge is -2.32. The van der Waals surface area contributed by atoms with Crippen molar-refractivity contribution in [2.45, 2.75) is 39.3 Å². The van der Waals surface area contributed by atoms with Crippen molar-refractivity contribution in [1.29, 1.82) is 0 Å². The molecule has 0 aliphatic carbocycles. The van der Waals surface area contributed by atoms with Crippen LogP contribution in [0.15, 0.2) is 40.9 Å². The van der Waals surface area contributed by atoms with Gasteiger partial charge in [-0.2, -0.15) is 4.98 Å². The molecule has 27 heavy (non-hydrogen) atoms. The summed E-state index contributed by atoms with van der Waals surface area (Å²) in [6, 6.07) is 11.3. The van der Waals surface area contributed by atoms with Gasteiger partial charge in [0.05, 0.1) is 6.61 Å². The van der Waals surface area contributed by atoms with Gasteiger partial charge in [0, 0.05) is 31.9 Å². The van der Waals surface area contributed by atoms with E-state index < -0.39 is 0 Å². The standard InChI is InChI=1S/C21H26N4O2/c1-3-26-19-13-16(7-6-15(19)2)14-25-11-8-17(9-12-25)23-21-24-18-5-4-10-22-20(18)27-21/h4-7,10,13,17H,3,8-9,11-12,14H2,1-2H3,(H,23,24). The summed E-state index contributed by atoms with van der Waals surface area (Å²) in [6.07, 6.45) is 3.85. The van der Waals surface area contributed by atoms with Gasteiger partial charge in [0.2, 0.25) is 5.71 Å². The van der Waals surface area contributed by atoms with Gasteiger partial charge in [-0.05, 0) is 56.0 Å². The molecule has 0 amide bonds. The molecule has 1 saturated heterocycles. The maximum absolute atomic E-state index is 5.72. The molecule has 0 atom stereocenters. The van der Waals surface area contributed by atoms with Crippen molar-refractivity contribution in [3.05, 3.63) is 47.7 Å². The average Bonchev–Trinajstić information content (AvgIpc) is 3.08. The van der Waals surface area contributed by atoms with Crippen LogP contribution in [-0.4, -0.2) is 40.6 Å². The van der Waals surface area contributed by atoms with Crippen molar-refractivity contribution in [2.75, 3.05) is 25.0 Å². The molecular weight excluding hydrogens is 340 g/mol. The summed E-state index contributed by atoms with van der Waals surface area (Å²) < 4.78 is 11.4. The number of aryl methyl sites for hydroxylation is 1. The van der Waals surface area contributed by atoms with Gasteiger partial charge in [0.1, 0.15) is 11.3 Å². The number of likely N-dealkylation sites (tertiary alicyclic amines) is 1. The fourth-order valence-electron chi connectivity index (χ4n) is 3.55. The maximum atomic E-state index is 5.72. The third kappa shape index (κ3) is 4.22. The number of nitrogens with zero attached hydrogens (tertiary/aromatic N) is 3. The summed E-state index contributed by atoms with van der Waals surface area (Å²) >= 11 is 0. The van der Waals surface area contributed by atoms with Crippen molar-refractivity contribution in [3.63, 3.8) is 0 Å². The molecule has 4 rings (SSSR count). The number of rotatable bonds is 6. The molecular formula is C21H26N4O2. The number of hydrogen-bond donors (Lipinski definition) is 1. The lowest BCUT2D eigenvalue weighted by atomic mass is 10.0. The van der Waals surface area contributed by atoms with Crippen molar-refractivity contribution in [1.82, 2.24) is 14.9 Å². The molecule has 6 heteroatoms. The van der Waals surface area contributed by atoms with Gasteiger partial charge in [-0.15, -0.1) is 0 Å². The van der Waals surface area contributed by atoms with Crippen molar-refractivity contribution in [2.24, 2.45) is 0 Å². The predicted octanol–water partition coefficient (Wildman–Crippen LogP) is 4.01. The summed E-state index contributed by atoms with van der Waals surface area (Å²) in [5.74, 6) is 0.996. The van der Waals surface area contributed by atoms with Crippen molar-refractivity contribution < 1.29 is 9.15 Å². The second-order valence-electron chi connectivity index (χ2n) is 7.07. The van der Waals surface area contributed by atoms with Gasteiger partial charge < -0.3 is 14.5 Å². The molecule has 0 spiro atoms. The van der Waals surface area contributed by atoms with E-state index in [0.717, 1.165) is 43.7 Å². The predicted molar refractivity (Wildman–Crippen MR) is 106 cm³/mol. The van der Waals surface area contributed by atoms with E-state index in [1.165, 1.54) is 11.1 Å². The SMILES string of the molecule is CCOc1cc(CN2CCC(Nc3nc4cccnc4o3)CC2)ccc1C. The first kappa shape index (κ1) is 17.8. The number of fused-ring (bicyclic) bond motifs is 1. The lowest BCUT2D eigenvalue weighted by molar-refractivity contribution is 0.210. The highest BCUT2D eigenvalue weighted by Gasteiger charge is 2.21. The zero-order valence-electron chi connectivity index (χ0n) is 15.9. The third-order valence-corrected chi connectivity index (χ3v) is 5.04. The molecule has 0 saturated carbocycles. The smallest absolute Gasteiger partial charge is 0.297 e. The highest BCUT2D eigenvalue weighted by Crippen LogP contribution is 2.23. The molecule has 1 N–H and O–H groups in total. The van der Waals surface area contributed by atoms with Crippen LogP contribution in [0.1, 0.15) is 30.9 Å². The molecule has 6 nitrogen and oxygen atoms in total. The van der Waals surface area contributed by atoms with E-state index in [4.69, 9.17) is 9.15 Å². The Hall–Kier alpha value is -2.60. The van der Waals surface area contributed by atoms with Gasteiger partial charge in [-0.1, -0.05) is 12.1 Å². The van der Waals surface area contributed by atoms with Crippen LogP contribution in [0.5, 0.6) is 5.75 Å². The number of anilines is 1. The first-order valence-electron chi connectivity index (χ1n) is 9.64. The molecule has 2 aromatic heterocycles. The number of piperidine rings is 1. The average molecular weight is 366 g/mol. The summed E-state index contributed by atoms with van der Waals surface area (Å²) in [4.78, 5) is 11.1. The Morgan fingerprint density at radius 2 is 2.11 bits per heavy atom. The number of nitrogens with one attached hydrogen (secondary N) is 1. The summed E-state index contributed by atoms with van der Waals surface area (Å²) in [6.45, 7) is 7.87. The Balaban J connectivity index is 1.31. The zero-order chi connectivity index (χ0) is 18.6. The first-order chi connectivity index (χ1) is 13.2. The van der Waals surface area contributed by atoms with Gasteiger partial charge in [-0.25, -0.2) is 4.98 Å². The van der Waals surface area contributed by atoms with Crippen LogP contribution < -0.4 is 10.1 Å². The molecule has 142 valence electrons. The number of aromatic nitrogens is 2. The quantitative estimate of drug-likeness (QED) is 0.711. The van der Waals surface area contributed by atoms with E-state index in [1.807, 2.05) is 19.1 Å². The van der Waals surface area contributed by atoms with E-state index in [0.29, 0.717) is 24.4 Å². The Morgan fingerprint density at radius 3 is 2.89 bits per heavy atom. The van der Waals surface area contributed by atoms with E-state index in [9.17, 15) is 0 Å². The molecule has 0 unspecified atom stereocenters. The number of hydrogen-bond acceptors (Lipinski definition) is 6. The minimum atomic E-state index is 0.381. The monoisotopic (exact) mass is 366 g/mol. The number of ether oxygens (including phenoxy) is 1. The largest absolute Gasteiger partial charge is 0.494 e. The Morgan fingerprint density at radius 1 is 1.26 bits per heavy atom. The van der Waals surface area contributed by atoms with Crippen LogP contribution >= 0.6 is 0 Å². The van der Waals surface area contributed by atoms with E-state index in [1.54, 1.807) is 6.20 Å². The zero-order valence-corrected chi connectivity index (χ0v) is 15.9. The topological polar surface area (TPSA) is 63.4 Å². The normalized spacial score (nSPS) is 15.9. The summed E-state index contributed by atoms with van der Waals surface area (Å²) in [7, 11) is 0. The van der Waals surface area contributed by atoms with Crippen molar-refractivity contribution >= 4 is 17.2 Å². The Kier molecular flexibility index (Phi) is 5.25. The minimum absolute atomic E-state index is 0.381. The van der Waals surface area contributed by atoms with Crippen LogP contribution in [0.2, 0.25) is 0 Å². The minimum Gasteiger partial charge on any atom is -0.494 e. The number of oxazole rings is 1. The molecule has 1 fully saturated rings. The summed E-state index contributed by atoms with van der Waals surface area (Å²) in [5.41, 5.74) is 3.88.